The van der Waals surface area contributed by atoms with Gasteiger partial charge in [0.05, 0.1) is 10.7 Å². The molecule has 0 bridgehead atoms. The highest BCUT2D eigenvalue weighted by Gasteiger charge is 2.01. The molecule has 82 valence electrons. The molecule has 0 aliphatic carbocycles. The van der Waals surface area contributed by atoms with Gasteiger partial charge in [-0.2, -0.15) is 0 Å². The summed E-state index contributed by atoms with van der Waals surface area (Å²) in [5, 5.41) is 13.5. The zero-order chi connectivity index (χ0) is 11.5. The molecule has 0 aliphatic heterocycles. The average molecular weight is 254 g/mol. The van der Waals surface area contributed by atoms with Crippen molar-refractivity contribution in [1.29, 1.82) is 0 Å². The third-order valence-corrected chi connectivity index (χ3v) is 2.64. The molecule has 0 atom stereocenters. The van der Waals surface area contributed by atoms with Crippen LogP contribution in [0.1, 0.15) is 0 Å². The summed E-state index contributed by atoms with van der Waals surface area (Å²) >= 11 is 11.7. The van der Waals surface area contributed by atoms with E-state index in [-0.39, 0.29) is 5.75 Å². The summed E-state index contributed by atoms with van der Waals surface area (Å²) in [5.74, 6) is 0.145. The molecule has 0 unspecified atom stereocenters. The largest absolute Gasteiger partial charge is 0.508 e. The highest BCUT2D eigenvalue weighted by molar-refractivity contribution is 6.33. The van der Waals surface area contributed by atoms with Gasteiger partial charge in [0.25, 0.3) is 0 Å². The summed E-state index contributed by atoms with van der Waals surface area (Å²) in [6.45, 7) is 0. The van der Waals surface area contributed by atoms with Gasteiger partial charge in [-0.15, -0.1) is 0 Å². The van der Waals surface area contributed by atoms with Crippen LogP contribution in [0.2, 0.25) is 10.0 Å². The van der Waals surface area contributed by atoms with Crippen molar-refractivity contribution in [2.45, 2.75) is 0 Å². The van der Waals surface area contributed by atoms with Gasteiger partial charge in [0.15, 0.2) is 0 Å². The minimum absolute atomic E-state index is 0.145. The van der Waals surface area contributed by atoms with Crippen LogP contribution >= 0.6 is 23.2 Å². The maximum atomic E-state index is 9.21. The third kappa shape index (κ3) is 2.60. The summed E-state index contributed by atoms with van der Waals surface area (Å²) in [6.07, 6.45) is 0. The first-order valence-electron chi connectivity index (χ1n) is 4.66. The molecule has 2 aromatic carbocycles. The molecular weight excluding hydrogens is 245 g/mol. The Kier molecular flexibility index (Phi) is 3.22. The molecule has 0 aromatic heterocycles. The van der Waals surface area contributed by atoms with Crippen molar-refractivity contribution in [2.24, 2.45) is 0 Å². The summed E-state index contributed by atoms with van der Waals surface area (Å²) in [7, 11) is 0. The fourth-order valence-electron chi connectivity index (χ4n) is 1.29. The van der Waals surface area contributed by atoms with E-state index in [9.17, 15) is 5.11 Å². The lowest BCUT2D eigenvalue weighted by Crippen LogP contribution is -1.90. The first-order chi connectivity index (χ1) is 7.65. The maximum Gasteiger partial charge on any atom is 0.117 e. The smallest absolute Gasteiger partial charge is 0.117 e. The third-order valence-electron chi connectivity index (χ3n) is 2.08. The molecule has 0 aliphatic rings. The topological polar surface area (TPSA) is 32.3 Å². The summed E-state index contributed by atoms with van der Waals surface area (Å²) < 4.78 is 0. The van der Waals surface area contributed by atoms with Crippen molar-refractivity contribution in [3.8, 4) is 5.75 Å². The Balaban J connectivity index is 2.23. The Hall–Kier alpha value is -1.38. The summed E-state index contributed by atoms with van der Waals surface area (Å²) in [6, 6.07) is 12.1. The van der Waals surface area contributed by atoms with E-state index in [1.807, 2.05) is 12.1 Å². The van der Waals surface area contributed by atoms with Crippen molar-refractivity contribution in [3.05, 3.63) is 52.5 Å². The molecule has 16 heavy (non-hydrogen) atoms. The molecule has 0 saturated carbocycles. The number of phenols is 1. The molecular formula is C12H9Cl2NO. The number of nitrogens with one attached hydrogen (secondary N) is 1. The molecule has 0 spiro atoms. The van der Waals surface area contributed by atoms with Gasteiger partial charge in [-0.1, -0.05) is 23.2 Å². The number of rotatable bonds is 2. The van der Waals surface area contributed by atoms with Crippen molar-refractivity contribution in [2.75, 3.05) is 5.32 Å². The van der Waals surface area contributed by atoms with Gasteiger partial charge in [-0.05, 0) is 36.4 Å². The number of hydrogen-bond acceptors (Lipinski definition) is 2. The van der Waals surface area contributed by atoms with Crippen LogP contribution in [0.3, 0.4) is 0 Å². The Morgan fingerprint density at radius 1 is 0.938 bits per heavy atom. The molecule has 0 fully saturated rings. The van der Waals surface area contributed by atoms with Crippen LogP contribution in [-0.4, -0.2) is 5.11 Å². The van der Waals surface area contributed by atoms with Crippen LogP contribution in [0.5, 0.6) is 5.75 Å². The van der Waals surface area contributed by atoms with E-state index in [2.05, 4.69) is 5.32 Å². The molecule has 2 aromatic rings. The highest BCUT2D eigenvalue weighted by Crippen LogP contribution is 2.28. The highest BCUT2D eigenvalue weighted by atomic mass is 35.5. The zero-order valence-electron chi connectivity index (χ0n) is 8.24. The lowest BCUT2D eigenvalue weighted by Gasteiger charge is -2.08. The van der Waals surface area contributed by atoms with Crippen LogP contribution in [0.25, 0.3) is 0 Å². The lowest BCUT2D eigenvalue weighted by atomic mass is 10.2. The van der Waals surface area contributed by atoms with Crippen molar-refractivity contribution >= 4 is 34.6 Å². The molecule has 0 heterocycles. The number of hydrogen-bond donors (Lipinski definition) is 2. The molecule has 2 nitrogen and oxygen atoms in total. The zero-order valence-corrected chi connectivity index (χ0v) is 9.76. The van der Waals surface area contributed by atoms with Gasteiger partial charge in [0, 0.05) is 16.8 Å². The quantitative estimate of drug-likeness (QED) is 0.776. The summed E-state index contributed by atoms with van der Waals surface area (Å²) in [4.78, 5) is 0. The first-order valence-corrected chi connectivity index (χ1v) is 5.42. The minimum atomic E-state index is 0.145. The molecule has 2 N–H and O–H groups in total. The van der Waals surface area contributed by atoms with Gasteiger partial charge < -0.3 is 10.4 Å². The van der Waals surface area contributed by atoms with Gasteiger partial charge in [-0.25, -0.2) is 0 Å². The Morgan fingerprint density at radius 3 is 2.25 bits per heavy atom. The molecule has 2 rings (SSSR count). The Morgan fingerprint density at radius 2 is 1.62 bits per heavy atom. The number of halogens is 2. The summed E-state index contributed by atoms with van der Waals surface area (Å²) in [5.41, 5.74) is 1.62. The van der Waals surface area contributed by atoms with Crippen LogP contribution in [0.4, 0.5) is 11.4 Å². The SMILES string of the molecule is Oc1ccc(Nc2ccc(Cl)cc2)c(Cl)c1. The minimum Gasteiger partial charge on any atom is -0.508 e. The number of anilines is 2. The Labute approximate surface area is 103 Å². The van der Waals surface area contributed by atoms with E-state index in [0.29, 0.717) is 10.0 Å². The molecule has 0 radical (unpaired) electrons. The second-order valence-electron chi connectivity index (χ2n) is 3.30. The Bertz CT molecular complexity index is 497. The first kappa shape index (κ1) is 11.1. The van der Waals surface area contributed by atoms with E-state index < -0.39 is 0 Å². The van der Waals surface area contributed by atoms with Gasteiger partial charge >= 0.3 is 0 Å². The maximum absolute atomic E-state index is 9.21. The lowest BCUT2D eigenvalue weighted by molar-refractivity contribution is 0.475. The van der Waals surface area contributed by atoms with Crippen LogP contribution in [0, 0.1) is 0 Å². The van der Waals surface area contributed by atoms with Crippen LogP contribution in [0.15, 0.2) is 42.5 Å². The molecule has 0 saturated heterocycles. The van der Waals surface area contributed by atoms with Crippen molar-refractivity contribution < 1.29 is 5.11 Å². The van der Waals surface area contributed by atoms with Gasteiger partial charge in [0.1, 0.15) is 5.75 Å². The van der Waals surface area contributed by atoms with E-state index in [1.54, 1.807) is 24.3 Å². The van der Waals surface area contributed by atoms with Crippen molar-refractivity contribution in [1.82, 2.24) is 0 Å². The second kappa shape index (κ2) is 4.64. The fourth-order valence-corrected chi connectivity index (χ4v) is 1.64. The second-order valence-corrected chi connectivity index (χ2v) is 4.14. The normalized spacial score (nSPS) is 10.1. The predicted octanol–water partition coefficient (Wildman–Crippen LogP) is 4.44. The van der Waals surface area contributed by atoms with Gasteiger partial charge in [-0.3, -0.25) is 0 Å². The predicted molar refractivity (Wildman–Crippen MR) is 67.9 cm³/mol. The number of phenolic OH excluding ortho intramolecular Hbond substituents is 1. The van der Waals surface area contributed by atoms with E-state index in [4.69, 9.17) is 23.2 Å². The average Bonchev–Trinajstić information content (AvgIpc) is 2.25. The van der Waals surface area contributed by atoms with E-state index >= 15 is 0 Å². The van der Waals surface area contributed by atoms with Gasteiger partial charge in [0.2, 0.25) is 0 Å². The molecule has 0 amide bonds. The monoisotopic (exact) mass is 253 g/mol. The van der Waals surface area contributed by atoms with Crippen LogP contribution in [-0.2, 0) is 0 Å². The molecule has 4 heteroatoms. The fraction of sp³-hybridized carbons (Fsp3) is 0. The standard InChI is InChI=1S/C12H9Cl2NO/c13-8-1-3-9(4-2-8)15-12-6-5-10(16)7-11(12)14/h1-7,15-16H. The number of aromatic hydroxyl groups is 1. The van der Waals surface area contributed by atoms with E-state index in [0.717, 1.165) is 11.4 Å². The van der Waals surface area contributed by atoms with E-state index in [1.165, 1.54) is 6.07 Å². The number of benzene rings is 2. The van der Waals surface area contributed by atoms with Crippen LogP contribution < -0.4 is 5.32 Å². The van der Waals surface area contributed by atoms with Crippen molar-refractivity contribution in [3.63, 3.8) is 0 Å².